The summed E-state index contributed by atoms with van der Waals surface area (Å²) in [7, 11) is -5.45. The van der Waals surface area contributed by atoms with Crippen molar-refractivity contribution in [2.75, 3.05) is 25.6 Å². The molecule has 79 heavy (non-hydrogen) atoms. The summed E-state index contributed by atoms with van der Waals surface area (Å²) in [6, 6.07) is 7.13. The molecule has 0 unspecified atom stereocenters. The van der Waals surface area contributed by atoms with E-state index in [1.54, 1.807) is 19.1 Å². The average Bonchev–Trinajstić information content (AvgIpc) is 4.00. The first-order chi connectivity index (χ1) is 36.0. The largest absolute Gasteiger partial charge is 1.00 e. The van der Waals surface area contributed by atoms with Crippen LogP contribution in [0.3, 0.4) is 0 Å². The number of hydrogen-bond donors (Lipinski definition) is 3. The van der Waals surface area contributed by atoms with Crippen molar-refractivity contribution in [1.29, 1.82) is 0 Å². The van der Waals surface area contributed by atoms with Gasteiger partial charge in [-0.25, -0.2) is 81.7 Å². The van der Waals surface area contributed by atoms with E-state index in [9.17, 15) is 43.2 Å². The molecule has 0 saturated carbocycles. The molecule has 0 radical (unpaired) electrons. The summed E-state index contributed by atoms with van der Waals surface area (Å²) in [4.78, 5) is 34.7. The molecule has 5 N–H and O–H groups in total. The second-order valence-corrected chi connectivity index (χ2v) is 21.0. The number of carbonyl (C=O) groups excluding carboxylic acids is 1. The van der Waals surface area contributed by atoms with Crippen LogP contribution in [0.5, 0.6) is 5.88 Å². The van der Waals surface area contributed by atoms with Crippen LogP contribution in [0.15, 0.2) is 80.2 Å². The van der Waals surface area contributed by atoms with E-state index in [1.165, 1.54) is 34.1 Å². The van der Waals surface area contributed by atoms with Gasteiger partial charge in [0.2, 0.25) is 37.8 Å². The summed E-state index contributed by atoms with van der Waals surface area (Å²) in [6.07, 6.45) is 6.30. The number of halogens is 7. The Morgan fingerprint density at radius 2 is 1.16 bits per heavy atom. The number of nitrogens with two attached hydrogens (primary N) is 2. The van der Waals surface area contributed by atoms with Crippen molar-refractivity contribution in [1.82, 2.24) is 38.9 Å². The third-order valence-corrected chi connectivity index (χ3v) is 14.7. The fourth-order valence-corrected chi connectivity index (χ4v) is 9.85. The normalized spacial score (nSPS) is 18.3. The molecule has 4 aromatic heterocycles. The van der Waals surface area contributed by atoms with Gasteiger partial charge in [0.1, 0.15) is 34.2 Å². The van der Waals surface area contributed by atoms with Crippen molar-refractivity contribution in [2.24, 2.45) is 21.5 Å². The van der Waals surface area contributed by atoms with Crippen LogP contribution in [0.25, 0.3) is 23.8 Å². The molecule has 0 bridgehead atoms. The Kier molecular flexibility index (Phi) is 26.2. The second-order valence-electron chi connectivity index (χ2n) is 16.6. The summed E-state index contributed by atoms with van der Waals surface area (Å²) >= 11 is 5.60. The molecule has 0 saturated heterocycles. The number of hydrogen-bond acceptors (Lipinski definition) is 21. The Morgan fingerprint density at radius 1 is 0.747 bits per heavy atom. The molecule has 34 heteroatoms. The van der Waals surface area contributed by atoms with Crippen LogP contribution in [0.4, 0.5) is 26.3 Å². The second kappa shape index (κ2) is 29.9. The minimum Gasteiger partial charge on any atom is -1.00 e. The zero-order chi connectivity index (χ0) is 57.2. The van der Waals surface area contributed by atoms with Gasteiger partial charge in [0.25, 0.3) is 6.47 Å². The smallest absolute Gasteiger partial charge is 1.00 e. The maximum absolute atomic E-state index is 14.9. The van der Waals surface area contributed by atoms with E-state index < -0.39 is 83.1 Å². The van der Waals surface area contributed by atoms with Crippen LogP contribution in [0.1, 0.15) is 71.8 Å². The van der Waals surface area contributed by atoms with Gasteiger partial charge < -0.3 is 41.9 Å². The Labute approximate surface area is 571 Å². The minimum absolute atomic E-state index is 0. The molecule has 6 aromatic rings. The van der Waals surface area contributed by atoms with Crippen molar-refractivity contribution in [3.8, 4) is 5.88 Å². The Morgan fingerprint density at radius 3 is 1.49 bits per heavy atom. The zero-order valence-corrected chi connectivity index (χ0v) is 57.9. The topological polar surface area (TPSA) is 334 Å². The number of nitrogens with zero attached hydrogens (tertiary/aromatic N) is 10. The van der Waals surface area contributed by atoms with E-state index >= 15 is 0 Å². The average molecular weight is 1410 g/mol. The first-order valence-electron chi connectivity index (χ1n) is 21.5. The Bertz CT molecular complexity index is 3490. The number of aromatic nitrogens is 6. The summed E-state index contributed by atoms with van der Waals surface area (Å²) < 4.78 is 153. The van der Waals surface area contributed by atoms with E-state index in [-0.39, 0.29) is 210 Å². The quantitative estimate of drug-likeness (QED) is 0.0582. The number of rotatable bonds is 11. The molecule has 6 heterocycles. The molecular formula is C45H45ClCs2F6N12O11S2. The molecule has 0 spiro atoms. The predicted octanol–water partition coefficient (Wildman–Crippen LogP) is -1.39. The summed E-state index contributed by atoms with van der Waals surface area (Å²) in [5, 5.41) is 24.2. The van der Waals surface area contributed by atoms with Gasteiger partial charge in [-0.05, 0) is 75.2 Å². The van der Waals surface area contributed by atoms with Crippen molar-refractivity contribution < 1.29 is 216 Å². The third-order valence-electron chi connectivity index (χ3n) is 10.6. The van der Waals surface area contributed by atoms with Crippen LogP contribution < -0.4 is 159 Å². The fraction of sp³-hybridized carbons (Fsp3) is 0.267. The summed E-state index contributed by atoms with van der Waals surface area (Å²) in [5.41, 5.74) is 8.09. The van der Waals surface area contributed by atoms with Crippen LogP contribution in [0, 0.1) is 37.1 Å². The van der Waals surface area contributed by atoms with Gasteiger partial charge in [0, 0.05) is 37.4 Å². The van der Waals surface area contributed by atoms with Crippen LogP contribution in [-0.4, -0.2) is 105 Å². The van der Waals surface area contributed by atoms with Crippen LogP contribution in [-0.2, 0) is 54.0 Å². The molecular weight excluding hydrogens is 1360 g/mol. The predicted molar refractivity (Wildman–Crippen MR) is 262 cm³/mol. The number of ether oxygens (including phenoxy) is 1. The molecule has 8 rings (SSSR count). The van der Waals surface area contributed by atoms with E-state index in [2.05, 4.69) is 49.6 Å². The molecule has 0 aliphatic carbocycles. The first-order valence-corrected chi connectivity index (χ1v) is 25.1. The maximum atomic E-state index is 14.9. The number of sulfonamides is 2. The summed E-state index contributed by atoms with van der Waals surface area (Å²) in [5.74, 6) is -7.98. The number of carbonyl (C=O) groups is 1. The Balaban J connectivity index is 0.000000444. The number of aliphatic imine (C=N–C) groups is 2. The number of aliphatic hydroxyl groups excluding tert-OH is 1. The molecule has 2 atom stereocenters. The maximum Gasteiger partial charge on any atom is 1.00 e. The van der Waals surface area contributed by atoms with E-state index in [4.69, 9.17) is 47.5 Å². The molecule has 2 aliphatic rings. The van der Waals surface area contributed by atoms with Crippen LogP contribution in [0.2, 0.25) is 5.15 Å². The van der Waals surface area contributed by atoms with Gasteiger partial charge in [0.15, 0.2) is 53.1 Å². The Hall–Kier alpha value is -3.90. The number of aryl methyl sites for hydroxylation is 2. The molecule has 414 valence electrons. The van der Waals surface area contributed by atoms with Gasteiger partial charge in [0.05, 0.1) is 47.7 Å². The van der Waals surface area contributed by atoms with E-state index in [1.807, 2.05) is 6.92 Å². The standard InChI is InChI=1S/C22H21F3N6O4S.C17H15ClF3N5O2S.C5H7NO2.CH2O3.2Cs.H/c1-12-4-14(35-30-12)10-34-19-9-27-18(8-28-19)16(23)6-13-5-15(20(25)17(24)7-13)22(2)11-36(32,33)31(3)21(26)29-22;1-17(8-29(27,28)26(2)16(22)25-17)10-3-9(5-12(20)15(10)21)4-11(19)13-6-24-14(18)7-23-13;1-4-2-5(3-7)8-6-4;2-1-4-3;;;/h4-9H,10-11H2,1-3H3,(H2,26,29);3-7H,8H2,1-2H3,(H2,22,25);2,7H,3H2,1H3;1,3H;;;/q;;;;2*+1;-1/p-1/b16-6-;11-4-;;;;;/t22-;17-;;;;;/m00...../s1. The monoisotopic (exact) mass is 1410 g/mol. The van der Waals surface area contributed by atoms with Crippen molar-refractivity contribution in [3.05, 3.63) is 146 Å². The van der Waals surface area contributed by atoms with E-state index in [0.29, 0.717) is 17.2 Å². The van der Waals surface area contributed by atoms with Crippen LogP contribution >= 0.6 is 11.6 Å². The number of guanidine groups is 2. The molecule has 0 fully saturated rings. The summed E-state index contributed by atoms with van der Waals surface area (Å²) in [6.45, 7) is 5.96. The van der Waals surface area contributed by atoms with Gasteiger partial charge in [-0.15, -0.1) is 0 Å². The molecule has 2 aromatic carbocycles. The molecule has 23 nitrogen and oxygen atoms in total. The van der Waals surface area contributed by atoms with Gasteiger partial charge in [-0.1, -0.05) is 21.9 Å². The van der Waals surface area contributed by atoms with E-state index in [0.717, 1.165) is 69.3 Å². The SMILES string of the molecule is CN1C(N)=N[C@](C)(c2cc(/C=C(\F)c3cnc(Cl)cn3)cc(F)c2F)CS1(=O)=O.Cc1cc(CO)on1.Cc1cc(COc2cnc(/C(F)=C/c3cc(F)c(F)c([C@]4(C)CS(=O)(=O)N(C)C(N)=N4)c3)cn2)on1.O=CO[O-].[Cs+].[Cs+].[H-]. The van der Waals surface area contributed by atoms with Crippen molar-refractivity contribution in [3.63, 3.8) is 0 Å². The first kappa shape index (κ1) is 69.4. The van der Waals surface area contributed by atoms with Crippen molar-refractivity contribution in [2.45, 2.75) is 52.0 Å². The van der Waals surface area contributed by atoms with Gasteiger partial charge in [-0.2, -0.15) is 0 Å². The molecule has 2 aliphatic heterocycles. The fourth-order valence-electron chi connectivity index (χ4n) is 6.86. The van der Waals surface area contributed by atoms with Gasteiger partial charge in [-0.3, -0.25) is 4.79 Å². The molecule has 0 amide bonds. The number of benzene rings is 2. The van der Waals surface area contributed by atoms with Crippen molar-refractivity contribution >= 4 is 73.8 Å². The zero-order valence-electron chi connectivity index (χ0n) is 44.0. The number of aliphatic hydroxyl groups is 1. The van der Waals surface area contributed by atoms with Gasteiger partial charge >= 0.3 is 138 Å². The third kappa shape index (κ3) is 18.6. The minimum atomic E-state index is -3.94.